The first-order valence-electron chi connectivity index (χ1n) is 25.0. The Balaban J connectivity index is 0.000000173. The van der Waals surface area contributed by atoms with Crippen LogP contribution in [0.4, 0.5) is 0 Å². The molecule has 0 atom stereocenters. The lowest BCUT2D eigenvalue weighted by Gasteiger charge is -2.28. The first-order valence-corrected chi connectivity index (χ1v) is 25.0. The van der Waals surface area contributed by atoms with Crippen molar-refractivity contribution in [2.45, 2.75) is 59.4 Å². The summed E-state index contributed by atoms with van der Waals surface area (Å²) in [6.07, 6.45) is 17.1. The maximum Gasteiger partial charge on any atom is 0.224 e. The van der Waals surface area contributed by atoms with E-state index in [1.54, 1.807) is 17.1 Å². The largest absolute Gasteiger partial charge is 0.456 e. The fraction of sp³-hybridized carbons (Fsp3) is 0.364. The molecule has 71 heavy (non-hydrogen) atoms. The van der Waals surface area contributed by atoms with Crippen LogP contribution in [0.3, 0.4) is 0 Å². The number of benzene rings is 3. The van der Waals surface area contributed by atoms with Gasteiger partial charge in [0.2, 0.25) is 11.8 Å². The summed E-state index contributed by atoms with van der Waals surface area (Å²) in [4.78, 5) is 31.9. The number of carbonyl (C=O) groups excluding carboxylic acids is 2. The molecule has 8 heterocycles. The molecule has 0 radical (unpaired) electrons. The number of rotatable bonds is 13. The van der Waals surface area contributed by atoms with Gasteiger partial charge in [0.25, 0.3) is 0 Å². The van der Waals surface area contributed by atoms with E-state index in [2.05, 4.69) is 110 Å². The number of aromatic nitrogens is 5. The number of ether oxygens (including phenoxy) is 1. The molecule has 4 aromatic heterocycles. The van der Waals surface area contributed by atoms with Gasteiger partial charge in [-0.2, -0.15) is 5.10 Å². The van der Waals surface area contributed by atoms with Crippen LogP contribution in [-0.2, 0) is 34.3 Å². The Morgan fingerprint density at radius 2 is 1.39 bits per heavy atom. The van der Waals surface area contributed by atoms with Crippen LogP contribution in [0.5, 0.6) is 0 Å². The molecule has 2 amide bonds. The third-order valence-electron chi connectivity index (χ3n) is 13.5. The van der Waals surface area contributed by atoms with Crippen molar-refractivity contribution in [2.75, 3.05) is 65.6 Å². The number of furan rings is 2. The number of fused-ring (bicyclic) bond motifs is 2. The predicted molar refractivity (Wildman–Crippen MR) is 277 cm³/mol. The number of nitrogens with one attached hydrogen (secondary N) is 2. The monoisotopic (exact) mass is 960 g/mol. The number of morpholine rings is 1. The first kappa shape index (κ1) is 48.7. The molecule has 4 aliphatic heterocycles. The van der Waals surface area contributed by atoms with Crippen LogP contribution >= 0.6 is 0 Å². The van der Waals surface area contributed by atoms with E-state index in [4.69, 9.17) is 13.6 Å². The van der Waals surface area contributed by atoms with Crippen LogP contribution in [0.15, 0.2) is 125 Å². The first-order chi connectivity index (χ1) is 34.8. The van der Waals surface area contributed by atoms with E-state index in [-0.39, 0.29) is 11.8 Å². The Hall–Kier alpha value is -7.27. The van der Waals surface area contributed by atoms with E-state index in [1.165, 1.54) is 16.7 Å². The highest BCUT2D eigenvalue weighted by Gasteiger charge is 2.22. The van der Waals surface area contributed by atoms with Gasteiger partial charge < -0.3 is 28.8 Å². The van der Waals surface area contributed by atoms with Crippen molar-refractivity contribution in [1.29, 1.82) is 0 Å². The van der Waals surface area contributed by atoms with Gasteiger partial charge >= 0.3 is 0 Å². The van der Waals surface area contributed by atoms with Crippen LogP contribution < -0.4 is 11.0 Å². The number of hydrazine groups is 2. The fourth-order valence-corrected chi connectivity index (χ4v) is 9.34. The molecule has 370 valence electrons. The van der Waals surface area contributed by atoms with Gasteiger partial charge in [0, 0.05) is 113 Å². The second kappa shape index (κ2) is 23.1. The van der Waals surface area contributed by atoms with Gasteiger partial charge in [0.15, 0.2) is 0 Å². The van der Waals surface area contributed by atoms with Crippen LogP contribution in [0.25, 0.3) is 55.7 Å². The quantitative estimate of drug-likeness (QED) is 0.114. The van der Waals surface area contributed by atoms with Crippen molar-refractivity contribution in [2.24, 2.45) is 7.05 Å². The lowest BCUT2D eigenvalue weighted by atomic mass is 9.99. The summed E-state index contributed by atoms with van der Waals surface area (Å²) in [6, 6.07) is 25.4. The van der Waals surface area contributed by atoms with Crippen molar-refractivity contribution < 1.29 is 23.2 Å². The zero-order valence-corrected chi connectivity index (χ0v) is 41.3. The number of hydrogen-bond donors (Lipinski definition) is 2. The van der Waals surface area contributed by atoms with Crippen LogP contribution in [0.2, 0.25) is 0 Å². The summed E-state index contributed by atoms with van der Waals surface area (Å²) in [5, 5.41) is 16.0. The SMILES string of the molecule is CC.Cc1c(-c2cc3cc(C4=CCCN(C(=O)CCn5ccnn5)C4)ccc3o2)cnn1C.O=C(CCN1C=CNN1)N1CCC=C(c2ccc3oc(-c4cccc(CCN5CCOCC5)c4)cc3c2)C1. The zero-order chi connectivity index (χ0) is 49.1. The number of hydrogen-bond acceptors (Lipinski definition) is 12. The standard InChI is InChI=1S/C30H35N5O3.C23H24N6O2.C2H6/c36-30(9-13-35-14-10-31-32-35)34-11-2-5-26(22-34)24-6-7-28-27(20-24)21-29(38-28)25-4-1-3-23(19-25)8-12-33-15-17-37-18-16-33;1-16-20(14-25-27(16)2)22-13-19-12-17(5-6-21(19)31-22)18-4-3-9-28(15-18)23(30)7-10-29-11-8-24-26-29;1-2/h1,3-7,10,14,19-21,31-32H,2,8-9,11-13,15-18,22H2;4-6,8,11-14H,3,7,9-10,15H2,1-2H3;1-2H3. The van der Waals surface area contributed by atoms with E-state index < -0.39 is 0 Å². The molecule has 0 saturated carbocycles. The maximum atomic E-state index is 12.8. The molecule has 0 spiro atoms. The van der Waals surface area contributed by atoms with Gasteiger partial charge in [-0.15, -0.1) is 10.6 Å². The van der Waals surface area contributed by atoms with Gasteiger partial charge in [-0.1, -0.05) is 61.5 Å². The summed E-state index contributed by atoms with van der Waals surface area (Å²) < 4.78 is 21.3. The second-order valence-corrected chi connectivity index (χ2v) is 18.0. The molecule has 0 aliphatic carbocycles. The van der Waals surface area contributed by atoms with E-state index >= 15 is 0 Å². The van der Waals surface area contributed by atoms with Crippen LogP contribution in [-0.4, -0.2) is 122 Å². The van der Waals surface area contributed by atoms with Crippen molar-refractivity contribution in [1.82, 2.24) is 55.4 Å². The smallest absolute Gasteiger partial charge is 0.224 e. The molecule has 2 N–H and O–H groups in total. The molecular formula is C55H65N11O5. The molecule has 7 aromatic rings. The zero-order valence-electron chi connectivity index (χ0n) is 41.3. The normalized spacial score (nSPS) is 16.0. The van der Waals surface area contributed by atoms with E-state index in [0.29, 0.717) is 39.0 Å². The van der Waals surface area contributed by atoms with Gasteiger partial charge in [0.1, 0.15) is 22.7 Å². The Bertz CT molecular complexity index is 3010. The summed E-state index contributed by atoms with van der Waals surface area (Å²) in [7, 11) is 1.92. The number of nitrogens with zero attached hydrogens (tertiary/aromatic N) is 9. The fourth-order valence-electron chi connectivity index (χ4n) is 9.34. The molecule has 1 saturated heterocycles. The van der Waals surface area contributed by atoms with Crippen molar-refractivity contribution in [3.8, 4) is 22.6 Å². The molecule has 0 unspecified atom stereocenters. The molecule has 11 rings (SSSR count). The molecular weight excluding hydrogens is 895 g/mol. The molecule has 1 fully saturated rings. The molecule has 16 heteroatoms. The molecule has 0 bridgehead atoms. The molecule has 4 aliphatic rings. The van der Waals surface area contributed by atoms with Crippen molar-refractivity contribution in [3.63, 3.8) is 0 Å². The average Bonchev–Trinajstić information content (AvgIpc) is 4.30. The minimum absolute atomic E-state index is 0.139. The highest BCUT2D eigenvalue weighted by atomic mass is 16.5. The number of amides is 2. The molecule has 16 nitrogen and oxygen atoms in total. The maximum absolute atomic E-state index is 12.8. The van der Waals surface area contributed by atoms with E-state index in [0.717, 1.165) is 127 Å². The van der Waals surface area contributed by atoms with E-state index in [1.807, 2.05) is 72.0 Å². The lowest BCUT2D eigenvalue weighted by Crippen LogP contribution is -2.40. The third-order valence-corrected chi connectivity index (χ3v) is 13.5. The number of aryl methyl sites for hydroxylation is 2. The van der Waals surface area contributed by atoms with Crippen LogP contribution in [0, 0.1) is 6.92 Å². The number of carbonyl (C=O) groups is 2. The molecule has 3 aromatic carbocycles. The minimum Gasteiger partial charge on any atom is -0.456 e. The highest BCUT2D eigenvalue weighted by molar-refractivity contribution is 5.89. The third kappa shape index (κ3) is 12.0. The predicted octanol–water partition coefficient (Wildman–Crippen LogP) is 8.24. The van der Waals surface area contributed by atoms with Crippen molar-refractivity contribution >= 4 is 44.9 Å². The highest BCUT2D eigenvalue weighted by Crippen LogP contribution is 2.34. The summed E-state index contributed by atoms with van der Waals surface area (Å²) in [5.74, 6) is 2.02. The van der Waals surface area contributed by atoms with Gasteiger partial charge in [0.05, 0.1) is 37.7 Å². The van der Waals surface area contributed by atoms with Gasteiger partial charge in [-0.25, -0.2) is 0 Å². The minimum atomic E-state index is 0.139. The second-order valence-electron chi connectivity index (χ2n) is 18.0. The van der Waals surface area contributed by atoms with Gasteiger partial charge in [-0.05, 0) is 96.5 Å². The summed E-state index contributed by atoms with van der Waals surface area (Å²) in [6.45, 7) is 14.7. The van der Waals surface area contributed by atoms with Gasteiger partial charge in [-0.3, -0.25) is 28.9 Å². The van der Waals surface area contributed by atoms with E-state index in [9.17, 15) is 9.59 Å². The average molecular weight is 960 g/mol. The lowest BCUT2D eigenvalue weighted by molar-refractivity contribution is -0.131. The topological polar surface area (TPSA) is 155 Å². The Morgan fingerprint density at radius 1 is 0.732 bits per heavy atom. The van der Waals surface area contributed by atoms with Crippen LogP contribution in [0.1, 0.15) is 61.9 Å². The Kier molecular flexibility index (Phi) is 15.9. The summed E-state index contributed by atoms with van der Waals surface area (Å²) in [5.41, 5.74) is 16.7. The Morgan fingerprint density at radius 3 is 2.01 bits per heavy atom. The Labute approximate surface area is 415 Å². The van der Waals surface area contributed by atoms with Crippen molar-refractivity contribution in [3.05, 3.63) is 138 Å². The summed E-state index contributed by atoms with van der Waals surface area (Å²) >= 11 is 0.